The Balaban J connectivity index is 1.97. The van der Waals surface area contributed by atoms with Gasteiger partial charge in [0.05, 0.1) is 5.69 Å². The second-order valence-corrected chi connectivity index (χ2v) is 7.95. The molecule has 1 aromatic carbocycles. The van der Waals surface area contributed by atoms with E-state index in [9.17, 15) is 4.79 Å². The van der Waals surface area contributed by atoms with Gasteiger partial charge in [-0.1, -0.05) is 18.5 Å². The van der Waals surface area contributed by atoms with E-state index in [1.165, 1.54) is 11.3 Å². The van der Waals surface area contributed by atoms with Gasteiger partial charge in [0.25, 0.3) is 5.91 Å². The molecular formula is C14H15ClN2OS2. The number of nitrogen functional groups attached to an aromatic ring is 1. The molecule has 1 fully saturated rings. The largest absolute Gasteiger partial charge is 0.397 e. The first kappa shape index (κ1) is 14.0. The maximum Gasteiger partial charge on any atom is 0.266 e. The van der Waals surface area contributed by atoms with E-state index in [-0.39, 0.29) is 5.91 Å². The van der Waals surface area contributed by atoms with Gasteiger partial charge in [0, 0.05) is 39.2 Å². The molecule has 106 valence electrons. The molecule has 2 heterocycles. The van der Waals surface area contributed by atoms with Crippen LogP contribution in [0.4, 0.5) is 5.69 Å². The highest BCUT2D eigenvalue weighted by Gasteiger charge is 2.26. The fourth-order valence-corrected chi connectivity index (χ4v) is 4.65. The van der Waals surface area contributed by atoms with Gasteiger partial charge >= 0.3 is 0 Å². The second-order valence-electron chi connectivity index (χ2n) is 4.92. The number of thiophene rings is 1. The lowest BCUT2D eigenvalue weighted by molar-refractivity contribution is 0.0769. The number of rotatable bonds is 1. The standard InChI is InChI=1S/C14H15ClN2OS2/c1-8-7-17(4-5-19-8)14(18)13-12(16)10-6-9(15)2-3-11(10)20-13/h2-3,6,8H,4-5,7,16H2,1H3. The summed E-state index contributed by atoms with van der Waals surface area (Å²) in [7, 11) is 0. The van der Waals surface area contributed by atoms with Crippen LogP contribution in [0.15, 0.2) is 18.2 Å². The quantitative estimate of drug-likeness (QED) is 0.869. The first-order chi connectivity index (χ1) is 9.56. The Bertz CT molecular complexity index is 670. The second kappa shape index (κ2) is 5.47. The van der Waals surface area contributed by atoms with Crippen molar-refractivity contribution in [3.63, 3.8) is 0 Å². The summed E-state index contributed by atoms with van der Waals surface area (Å²) in [5, 5.41) is 2.01. The molecule has 6 heteroatoms. The third-order valence-electron chi connectivity index (χ3n) is 3.41. The highest BCUT2D eigenvalue weighted by molar-refractivity contribution is 7.99. The molecule has 0 aliphatic carbocycles. The summed E-state index contributed by atoms with van der Waals surface area (Å²) in [4.78, 5) is 15.2. The number of amides is 1. The van der Waals surface area contributed by atoms with E-state index in [1.54, 1.807) is 0 Å². The Labute approximate surface area is 131 Å². The highest BCUT2D eigenvalue weighted by Crippen LogP contribution is 2.36. The number of fused-ring (bicyclic) bond motifs is 1. The predicted octanol–water partition coefficient (Wildman–Crippen LogP) is 3.71. The zero-order valence-corrected chi connectivity index (χ0v) is 13.4. The fourth-order valence-electron chi connectivity index (χ4n) is 2.39. The average Bonchev–Trinajstić information content (AvgIpc) is 2.75. The molecule has 1 amide bonds. The van der Waals surface area contributed by atoms with E-state index in [1.807, 2.05) is 34.9 Å². The molecule has 2 aromatic rings. The number of nitrogens with zero attached hydrogens (tertiary/aromatic N) is 1. The first-order valence-corrected chi connectivity index (χ1v) is 8.69. The smallest absolute Gasteiger partial charge is 0.266 e. The lowest BCUT2D eigenvalue weighted by atomic mass is 10.2. The summed E-state index contributed by atoms with van der Waals surface area (Å²) >= 11 is 9.36. The van der Waals surface area contributed by atoms with Crippen LogP contribution in [0, 0.1) is 0 Å². The van der Waals surface area contributed by atoms with Crippen molar-refractivity contribution in [3.05, 3.63) is 28.1 Å². The molecule has 3 rings (SSSR count). The van der Waals surface area contributed by atoms with Crippen LogP contribution in [0.25, 0.3) is 10.1 Å². The van der Waals surface area contributed by atoms with Gasteiger partial charge in [0.2, 0.25) is 0 Å². The van der Waals surface area contributed by atoms with Crippen LogP contribution < -0.4 is 5.73 Å². The van der Waals surface area contributed by atoms with Crippen molar-refractivity contribution in [3.8, 4) is 0 Å². The Morgan fingerprint density at radius 2 is 2.30 bits per heavy atom. The number of halogens is 1. The van der Waals surface area contributed by atoms with Crippen LogP contribution >= 0.6 is 34.7 Å². The summed E-state index contributed by atoms with van der Waals surface area (Å²) < 4.78 is 1.01. The molecule has 1 unspecified atom stereocenters. The molecule has 1 atom stereocenters. The summed E-state index contributed by atoms with van der Waals surface area (Å²) in [5.74, 6) is 1.04. The molecule has 1 saturated heterocycles. The van der Waals surface area contributed by atoms with Crippen molar-refractivity contribution in [1.82, 2.24) is 4.90 Å². The van der Waals surface area contributed by atoms with E-state index in [0.717, 1.165) is 28.9 Å². The van der Waals surface area contributed by atoms with Crippen molar-refractivity contribution in [2.75, 3.05) is 24.6 Å². The van der Waals surface area contributed by atoms with Gasteiger partial charge in [0.1, 0.15) is 4.88 Å². The minimum absolute atomic E-state index is 0.0481. The van der Waals surface area contributed by atoms with Gasteiger partial charge in [-0.3, -0.25) is 4.79 Å². The Morgan fingerprint density at radius 3 is 3.05 bits per heavy atom. The van der Waals surface area contributed by atoms with Gasteiger partial charge in [0.15, 0.2) is 0 Å². The average molecular weight is 327 g/mol. The van der Waals surface area contributed by atoms with Crippen molar-refractivity contribution in [2.45, 2.75) is 12.2 Å². The molecule has 0 spiro atoms. The minimum atomic E-state index is 0.0481. The van der Waals surface area contributed by atoms with E-state index < -0.39 is 0 Å². The molecule has 0 saturated carbocycles. The third-order valence-corrected chi connectivity index (χ3v) is 5.96. The summed E-state index contributed by atoms with van der Waals surface area (Å²) in [6, 6.07) is 5.58. The highest BCUT2D eigenvalue weighted by atomic mass is 35.5. The summed E-state index contributed by atoms with van der Waals surface area (Å²) in [6.07, 6.45) is 0. The first-order valence-electron chi connectivity index (χ1n) is 6.44. The van der Waals surface area contributed by atoms with Crippen LogP contribution in [0.2, 0.25) is 5.02 Å². The van der Waals surface area contributed by atoms with Gasteiger partial charge in [-0.25, -0.2) is 0 Å². The van der Waals surface area contributed by atoms with Crippen molar-refractivity contribution >= 4 is 56.4 Å². The number of thioether (sulfide) groups is 1. The van der Waals surface area contributed by atoms with E-state index in [0.29, 0.717) is 20.8 Å². The molecule has 1 aromatic heterocycles. The molecule has 0 bridgehead atoms. The number of anilines is 1. The molecule has 2 N–H and O–H groups in total. The number of carbonyl (C=O) groups is 1. The van der Waals surface area contributed by atoms with E-state index in [4.69, 9.17) is 17.3 Å². The SMILES string of the molecule is CC1CN(C(=O)c2sc3ccc(Cl)cc3c2N)CCS1. The van der Waals surface area contributed by atoms with Gasteiger partial charge < -0.3 is 10.6 Å². The Hall–Kier alpha value is -0.910. The van der Waals surface area contributed by atoms with Gasteiger partial charge in [-0.05, 0) is 18.2 Å². The number of carbonyl (C=O) groups excluding carboxylic acids is 1. The maximum atomic E-state index is 12.6. The fraction of sp³-hybridized carbons (Fsp3) is 0.357. The molecule has 1 aliphatic heterocycles. The van der Waals surface area contributed by atoms with Crippen molar-refractivity contribution in [2.24, 2.45) is 0 Å². The monoisotopic (exact) mass is 326 g/mol. The zero-order chi connectivity index (χ0) is 14.3. The van der Waals surface area contributed by atoms with Gasteiger partial charge in [-0.2, -0.15) is 11.8 Å². The van der Waals surface area contributed by atoms with Crippen LogP contribution in [0.5, 0.6) is 0 Å². The molecule has 0 radical (unpaired) electrons. The van der Waals surface area contributed by atoms with Crippen LogP contribution in [-0.2, 0) is 0 Å². The van der Waals surface area contributed by atoms with E-state index >= 15 is 0 Å². The summed E-state index contributed by atoms with van der Waals surface area (Å²) in [6.45, 7) is 3.73. The number of hydrogen-bond donors (Lipinski definition) is 1. The predicted molar refractivity (Wildman–Crippen MR) is 89.1 cm³/mol. The normalized spacial score (nSPS) is 19.5. The summed E-state index contributed by atoms with van der Waals surface area (Å²) in [5.41, 5.74) is 6.71. The number of hydrogen-bond acceptors (Lipinski definition) is 4. The van der Waals surface area contributed by atoms with Crippen LogP contribution in [0.3, 0.4) is 0 Å². The Kier molecular flexibility index (Phi) is 3.84. The number of nitrogens with two attached hydrogens (primary N) is 1. The van der Waals surface area contributed by atoms with Crippen molar-refractivity contribution in [1.29, 1.82) is 0 Å². The molecular weight excluding hydrogens is 312 g/mol. The van der Waals surface area contributed by atoms with Crippen LogP contribution in [-0.4, -0.2) is 34.9 Å². The topological polar surface area (TPSA) is 46.3 Å². The molecule has 20 heavy (non-hydrogen) atoms. The van der Waals surface area contributed by atoms with E-state index in [2.05, 4.69) is 6.92 Å². The van der Waals surface area contributed by atoms with Crippen LogP contribution in [0.1, 0.15) is 16.6 Å². The zero-order valence-electron chi connectivity index (χ0n) is 11.1. The Morgan fingerprint density at radius 1 is 1.50 bits per heavy atom. The molecule has 3 nitrogen and oxygen atoms in total. The number of benzene rings is 1. The lowest BCUT2D eigenvalue weighted by Crippen LogP contribution is -2.40. The van der Waals surface area contributed by atoms with Gasteiger partial charge in [-0.15, -0.1) is 11.3 Å². The lowest BCUT2D eigenvalue weighted by Gasteiger charge is -2.30. The molecule has 1 aliphatic rings. The van der Waals surface area contributed by atoms with Crippen molar-refractivity contribution < 1.29 is 4.79 Å². The minimum Gasteiger partial charge on any atom is -0.397 e. The third kappa shape index (κ3) is 2.50. The maximum absolute atomic E-state index is 12.6.